The van der Waals surface area contributed by atoms with Crippen molar-refractivity contribution in [2.75, 3.05) is 0 Å². The van der Waals surface area contributed by atoms with Gasteiger partial charge in [0.2, 0.25) is 5.89 Å². The Morgan fingerprint density at radius 1 is 1.26 bits per heavy atom. The predicted octanol–water partition coefficient (Wildman–Crippen LogP) is 4.17. The smallest absolute Gasteiger partial charge is 0.435 e. The van der Waals surface area contributed by atoms with E-state index in [2.05, 4.69) is 20.4 Å². The first-order valence-corrected chi connectivity index (χ1v) is 10.2. The molecule has 3 aromatic heterocycles. The third-order valence-electron chi connectivity index (χ3n) is 5.69. The molecule has 0 saturated heterocycles. The van der Waals surface area contributed by atoms with Crippen LogP contribution in [0.4, 0.5) is 13.2 Å². The van der Waals surface area contributed by atoms with Crippen molar-refractivity contribution in [1.82, 2.24) is 25.1 Å². The van der Waals surface area contributed by atoms with Crippen LogP contribution in [0.3, 0.4) is 0 Å². The van der Waals surface area contributed by atoms with Crippen LogP contribution < -0.4 is 5.32 Å². The fourth-order valence-corrected chi connectivity index (χ4v) is 3.92. The van der Waals surface area contributed by atoms with Crippen molar-refractivity contribution in [3.8, 4) is 11.5 Å². The number of alkyl halides is 3. The summed E-state index contributed by atoms with van der Waals surface area (Å²) in [5.41, 5.74) is 1.22. The highest BCUT2D eigenvalue weighted by molar-refractivity contribution is 5.93. The summed E-state index contributed by atoms with van der Waals surface area (Å²) in [6.07, 6.45) is 1.49. The molecule has 3 aromatic rings. The maximum Gasteiger partial charge on any atom is 0.435 e. The Bertz CT molecular complexity index is 1150. The quantitative estimate of drug-likeness (QED) is 0.670. The first-order chi connectivity index (χ1) is 14.8. The second kappa shape index (κ2) is 7.21. The van der Waals surface area contributed by atoms with Crippen LogP contribution in [-0.2, 0) is 19.6 Å². The van der Waals surface area contributed by atoms with Gasteiger partial charge < -0.3 is 9.73 Å². The highest BCUT2D eigenvalue weighted by atomic mass is 19.4. The second-order valence-electron chi connectivity index (χ2n) is 8.03. The van der Waals surface area contributed by atoms with Crippen LogP contribution >= 0.6 is 0 Å². The monoisotopic (exact) mass is 431 g/mol. The minimum Gasteiger partial charge on any atom is -0.441 e. The van der Waals surface area contributed by atoms with E-state index >= 15 is 0 Å². The first-order valence-electron chi connectivity index (χ1n) is 10.2. The standard InChI is InChI=1S/C21H20F3N5O2/c1-29-15(10-17(28-29)21(22,23)24)19(30)26-13-3-2-4-16-18(13)27-20(31-16)12-7-8-25-14(9-12)11-5-6-11/h7-11,13H,2-6H2,1H3,(H,26,30). The van der Waals surface area contributed by atoms with Gasteiger partial charge in [-0.05, 0) is 37.8 Å². The topological polar surface area (TPSA) is 85.8 Å². The van der Waals surface area contributed by atoms with Gasteiger partial charge in [-0.2, -0.15) is 18.3 Å². The molecule has 0 radical (unpaired) electrons. The van der Waals surface area contributed by atoms with E-state index in [0.29, 0.717) is 36.1 Å². The molecular weight excluding hydrogens is 411 g/mol. The van der Waals surface area contributed by atoms with Crippen molar-refractivity contribution in [2.24, 2.45) is 7.05 Å². The Labute approximate surface area is 175 Å². The summed E-state index contributed by atoms with van der Waals surface area (Å²) in [4.78, 5) is 21.7. The van der Waals surface area contributed by atoms with Gasteiger partial charge in [-0.25, -0.2) is 4.98 Å². The number of pyridine rings is 1. The molecule has 1 N–H and O–H groups in total. The number of carbonyl (C=O) groups is 1. The lowest BCUT2D eigenvalue weighted by Crippen LogP contribution is -2.32. The van der Waals surface area contributed by atoms with Crippen molar-refractivity contribution in [3.63, 3.8) is 0 Å². The van der Waals surface area contributed by atoms with Crippen LogP contribution in [0.2, 0.25) is 0 Å². The maximum atomic E-state index is 12.9. The van der Waals surface area contributed by atoms with Crippen LogP contribution in [0.1, 0.15) is 71.0 Å². The number of oxazole rings is 1. The van der Waals surface area contributed by atoms with Crippen molar-refractivity contribution < 1.29 is 22.4 Å². The maximum absolute atomic E-state index is 12.9. The van der Waals surface area contributed by atoms with Crippen molar-refractivity contribution in [2.45, 2.75) is 50.2 Å². The Morgan fingerprint density at radius 3 is 2.77 bits per heavy atom. The van der Waals surface area contributed by atoms with Gasteiger partial charge in [0.25, 0.3) is 5.91 Å². The van der Waals surface area contributed by atoms with Gasteiger partial charge in [0.1, 0.15) is 17.1 Å². The Hall–Kier alpha value is -3.17. The SMILES string of the molecule is Cn1nc(C(F)(F)F)cc1C(=O)NC1CCCc2oc(-c3ccnc(C4CC4)c3)nc21. The molecule has 0 aromatic carbocycles. The molecule has 1 amide bonds. The van der Waals surface area contributed by atoms with E-state index in [1.807, 2.05) is 12.1 Å². The number of aromatic nitrogens is 4. The van der Waals surface area contributed by atoms with Gasteiger partial charge in [-0.15, -0.1) is 0 Å². The van der Waals surface area contributed by atoms with Crippen molar-refractivity contribution in [3.05, 3.63) is 52.9 Å². The van der Waals surface area contributed by atoms with Crippen molar-refractivity contribution >= 4 is 5.91 Å². The average Bonchev–Trinajstić information content (AvgIpc) is 3.35. The molecule has 5 rings (SSSR count). The molecule has 0 aliphatic heterocycles. The van der Waals surface area contributed by atoms with E-state index < -0.39 is 23.8 Å². The summed E-state index contributed by atoms with van der Waals surface area (Å²) >= 11 is 0. The molecule has 1 fully saturated rings. The number of rotatable bonds is 4. The van der Waals surface area contributed by atoms with Crippen LogP contribution in [0.5, 0.6) is 0 Å². The largest absolute Gasteiger partial charge is 0.441 e. The number of hydrogen-bond donors (Lipinski definition) is 1. The van der Waals surface area contributed by atoms with E-state index in [4.69, 9.17) is 4.42 Å². The number of nitrogens with one attached hydrogen (secondary N) is 1. The normalized spacial score (nSPS) is 18.6. The number of carbonyl (C=O) groups excluding carboxylic acids is 1. The van der Waals surface area contributed by atoms with E-state index in [1.165, 1.54) is 7.05 Å². The zero-order valence-corrected chi connectivity index (χ0v) is 16.7. The lowest BCUT2D eigenvalue weighted by Gasteiger charge is -2.21. The number of halogens is 3. The Morgan fingerprint density at radius 2 is 2.06 bits per heavy atom. The molecule has 0 spiro atoms. The number of nitrogens with zero attached hydrogens (tertiary/aromatic N) is 4. The fraction of sp³-hybridized carbons (Fsp3) is 0.429. The Balaban J connectivity index is 1.39. The molecular formula is C21H20F3N5O2. The summed E-state index contributed by atoms with van der Waals surface area (Å²) in [7, 11) is 1.31. The lowest BCUT2D eigenvalue weighted by atomic mass is 9.96. The molecule has 2 aliphatic rings. The minimum atomic E-state index is -4.61. The minimum absolute atomic E-state index is 0.161. The third kappa shape index (κ3) is 3.82. The van der Waals surface area contributed by atoms with E-state index in [9.17, 15) is 18.0 Å². The average molecular weight is 431 g/mol. The molecule has 7 nitrogen and oxygen atoms in total. The van der Waals surface area contributed by atoms with Gasteiger partial charge in [0.15, 0.2) is 5.69 Å². The number of aryl methyl sites for hydroxylation is 2. The number of fused-ring (bicyclic) bond motifs is 1. The van der Waals surface area contributed by atoms with Crippen LogP contribution in [0.25, 0.3) is 11.5 Å². The number of hydrogen-bond acceptors (Lipinski definition) is 5. The van der Waals surface area contributed by atoms with Crippen molar-refractivity contribution in [1.29, 1.82) is 0 Å². The molecule has 1 saturated carbocycles. The molecule has 162 valence electrons. The molecule has 1 unspecified atom stereocenters. The van der Waals surface area contributed by atoms with Gasteiger partial charge in [-0.1, -0.05) is 0 Å². The van der Waals surface area contributed by atoms with Crippen LogP contribution in [0.15, 0.2) is 28.8 Å². The van der Waals surface area contributed by atoms with Gasteiger partial charge in [0.05, 0.1) is 6.04 Å². The predicted molar refractivity (Wildman–Crippen MR) is 103 cm³/mol. The summed E-state index contributed by atoms with van der Waals surface area (Å²) in [6.45, 7) is 0. The summed E-state index contributed by atoms with van der Waals surface area (Å²) in [5.74, 6) is 1.03. The summed E-state index contributed by atoms with van der Waals surface area (Å²) in [6, 6.07) is 4.13. The summed E-state index contributed by atoms with van der Waals surface area (Å²) in [5, 5.41) is 6.20. The highest BCUT2D eigenvalue weighted by Gasteiger charge is 2.36. The third-order valence-corrected chi connectivity index (χ3v) is 5.69. The van der Waals surface area contributed by atoms with E-state index in [1.54, 1.807) is 6.20 Å². The number of amides is 1. The molecule has 2 aliphatic carbocycles. The lowest BCUT2D eigenvalue weighted by molar-refractivity contribution is -0.141. The molecule has 10 heteroatoms. The summed E-state index contributed by atoms with van der Waals surface area (Å²) < 4.78 is 45.7. The first kappa shape index (κ1) is 19.8. The second-order valence-corrected chi connectivity index (χ2v) is 8.03. The highest BCUT2D eigenvalue weighted by Crippen LogP contribution is 2.40. The van der Waals surface area contributed by atoms with Crippen LogP contribution in [0, 0.1) is 0 Å². The molecule has 31 heavy (non-hydrogen) atoms. The molecule has 1 atom stereocenters. The molecule has 3 heterocycles. The van der Waals surface area contributed by atoms with Gasteiger partial charge in [0, 0.05) is 42.9 Å². The van der Waals surface area contributed by atoms with E-state index in [-0.39, 0.29) is 5.69 Å². The zero-order chi connectivity index (χ0) is 21.8. The van der Waals surface area contributed by atoms with Gasteiger partial charge in [-0.3, -0.25) is 14.5 Å². The molecule has 0 bridgehead atoms. The van der Waals surface area contributed by atoms with Crippen LogP contribution in [-0.4, -0.2) is 25.7 Å². The van der Waals surface area contributed by atoms with E-state index in [0.717, 1.165) is 41.3 Å². The zero-order valence-electron chi connectivity index (χ0n) is 16.7. The fourth-order valence-electron chi connectivity index (χ4n) is 3.92. The van der Waals surface area contributed by atoms with Gasteiger partial charge >= 0.3 is 6.18 Å². The Kier molecular flexibility index (Phi) is 4.60.